The second-order valence-electron chi connectivity index (χ2n) is 5.80. The summed E-state index contributed by atoms with van der Waals surface area (Å²) in [6, 6.07) is 7.23. The molecule has 2 N–H and O–H groups in total. The molecule has 2 amide bonds. The smallest absolute Gasteiger partial charge is 0.321 e. The Morgan fingerprint density at radius 3 is 2.68 bits per heavy atom. The Morgan fingerprint density at radius 1 is 1.32 bits per heavy atom. The van der Waals surface area contributed by atoms with Gasteiger partial charge in [0.15, 0.2) is 0 Å². The lowest BCUT2D eigenvalue weighted by atomic mass is 9.97. The van der Waals surface area contributed by atoms with E-state index in [1.807, 2.05) is 18.2 Å². The summed E-state index contributed by atoms with van der Waals surface area (Å²) in [6.07, 6.45) is 0.958. The molecule has 0 aromatic heterocycles. The van der Waals surface area contributed by atoms with Crippen LogP contribution >= 0.6 is 11.8 Å². The predicted octanol–water partition coefficient (Wildman–Crippen LogP) is 2.42. The number of piperidine rings is 1. The summed E-state index contributed by atoms with van der Waals surface area (Å²) in [6.45, 7) is 0.884. The number of anilines is 1. The van der Waals surface area contributed by atoms with E-state index in [4.69, 9.17) is 5.11 Å². The summed E-state index contributed by atoms with van der Waals surface area (Å²) in [7, 11) is 1.36. The molecular formula is C17H22N2O5S. The van der Waals surface area contributed by atoms with E-state index in [1.54, 1.807) is 11.0 Å². The van der Waals surface area contributed by atoms with Gasteiger partial charge in [-0.2, -0.15) is 0 Å². The van der Waals surface area contributed by atoms with Crippen LogP contribution in [0.5, 0.6) is 0 Å². The molecule has 7 nitrogen and oxygen atoms in total. The van der Waals surface area contributed by atoms with Gasteiger partial charge in [0, 0.05) is 24.5 Å². The van der Waals surface area contributed by atoms with Crippen molar-refractivity contribution in [1.82, 2.24) is 4.90 Å². The molecule has 1 aromatic carbocycles. The highest BCUT2D eigenvalue weighted by atomic mass is 32.2. The van der Waals surface area contributed by atoms with Gasteiger partial charge in [0.1, 0.15) is 0 Å². The third-order valence-electron chi connectivity index (χ3n) is 4.03. The highest BCUT2D eigenvalue weighted by Crippen LogP contribution is 2.20. The average molecular weight is 366 g/mol. The van der Waals surface area contributed by atoms with Crippen molar-refractivity contribution in [2.24, 2.45) is 5.92 Å². The van der Waals surface area contributed by atoms with E-state index in [0.717, 1.165) is 5.56 Å². The van der Waals surface area contributed by atoms with Crippen LogP contribution in [0.25, 0.3) is 0 Å². The number of carboxylic acid groups (broad SMARTS) is 1. The fourth-order valence-electron chi connectivity index (χ4n) is 2.58. The molecule has 0 radical (unpaired) electrons. The van der Waals surface area contributed by atoms with Gasteiger partial charge in [-0.15, -0.1) is 11.8 Å². The summed E-state index contributed by atoms with van der Waals surface area (Å²) in [5.74, 6) is -0.496. The van der Waals surface area contributed by atoms with Crippen molar-refractivity contribution in [3.63, 3.8) is 0 Å². The first-order valence-corrected chi connectivity index (χ1v) is 9.17. The van der Waals surface area contributed by atoms with Crippen LogP contribution in [-0.4, -0.2) is 53.9 Å². The Bertz CT molecular complexity index is 629. The van der Waals surface area contributed by atoms with Gasteiger partial charge in [0.25, 0.3) is 0 Å². The summed E-state index contributed by atoms with van der Waals surface area (Å²) in [5, 5.41) is 11.8. The van der Waals surface area contributed by atoms with Crippen LogP contribution in [0.4, 0.5) is 10.5 Å². The van der Waals surface area contributed by atoms with E-state index in [0.29, 0.717) is 37.4 Å². The highest BCUT2D eigenvalue weighted by Gasteiger charge is 2.26. The lowest BCUT2D eigenvalue weighted by Crippen LogP contribution is -2.42. The van der Waals surface area contributed by atoms with E-state index in [-0.39, 0.29) is 23.7 Å². The summed E-state index contributed by atoms with van der Waals surface area (Å²) >= 11 is 1.44. The van der Waals surface area contributed by atoms with E-state index >= 15 is 0 Å². The Morgan fingerprint density at radius 2 is 2.04 bits per heavy atom. The van der Waals surface area contributed by atoms with Crippen molar-refractivity contribution in [1.29, 1.82) is 0 Å². The lowest BCUT2D eigenvalue weighted by molar-refractivity contribution is -0.143. The highest BCUT2D eigenvalue weighted by molar-refractivity contribution is 7.99. The van der Waals surface area contributed by atoms with Gasteiger partial charge < -0.3 is 20.1 Å². The number of thioether (sulfide) groups is 1. The Kier molecular flexibility index (Phi) is 7.12. The van der Waals surface area contributed by atoms with Crippen LogP contribution in [-0.2, 0) is 20.1 Å². The number of methoxy groups -OCH3 is 1. The molecule has 1 fully saturated rings. The molecule has 2 rings (SSSR count). The van der Waals surface area contributed by atoms with E-state index in [2.05, 4.69) is 10.1 Å². The SMILES string of the molecule is COC(=O)CSCc1cccc(NC(=O)N2CCC(C(=O)O)CC2)c1. The molecule has 25 heavy (non-hydrogen) atoms. The maximum absolute atomic E-state index is 12.3. The third-order valence-corrected chi connectivity index (χ3v) is 5.00. The Balaban J connectivity index is 1.83. The monoisotopic (exact) mass is 366 g/mol. The van der Waals surface area contributed by atoms with Gasteiger partial charge in [-0.1, -0.05) is 12.1 Å². The molecule has 0 unspecified atom stereocenters. The Labute approximate surface area is 150 Å². The molecule has 0 aliphatic carbocycles. The van der Waals surface area contributed by atoms with Crippen LogP contribution in [0.1, 0.15) is 18.4 Å². The molecule has 0 spiro atoms. The first kappa shape index (κ1) is 19.1. The number of hydrogen-bond acceptors (Lipinski definition) is 5. The molecule has 1 heterocycles. The number of carboxylic acids is 1. The average Bonchev–Trinajstić information content (AvgIpc) is 2.62. The minimum atomic E-state index is -0.794. The number of nitrogens with one attached hydrogen (secondary N) is 1. The van der Waals surface area contributed by atoms with E-state index in [1.165, 1.54) is 18.9 Å². The van der Waals surface area contributed by atoms with Gasteiger partial charge in [0.2, 0.25) is 0 Å². The number of amides is 2. The quantitative estimate of drug-likeness (QED) is 0.751. The van der Waals surface area contributed by atoms with E-state index in [9.17, 15) is 14.4 Å². The minimum Gasteiger partial charge on any atom is -0.481 e. The maximum atomic E-state index is 12.3. The fraction of sp³-hybridized carbons (Fsp3) is 0.471. The second kappa shape index (κ2) is 9.31. The number of likely N-dealkylation sites (tertiary alicyclic amines) is 1. The number of hydrogen-bond donors (Lipinski definition) is 2. The molecule has 1 saturated heterocycles. The van der Waals surface area contributed by atoms with Gasteiger partial charge in [-0.3, -0.25) is 9.59 Å². The number of nitrogens with zero attached hydrogens (tertiary/aromatic N) is 1. The molecule has 1 aliphatic heterocycles. The second-order valence-corrected chi connectivity index (χ2v) is 6.78. The molecule has 8 heteroatoms. The molecule has 0 saturated carbocycles. The summed E-state index contributed by atoms with van der Waals surface area (Å²) in [4.78, 5) is 36.0. The number of aliphatic carboxylic acids is 1. The number of rotatable bonds is 6. The van der Waals surface area contributed by atoms with Crippen LogP contribution < -0.4 is 5.32 Å². The summed E-state index contributed by atoms with van der Waals surface area (Å²) < 4.78 is 4.59. The van der Waals surface area contributed by atoms with Gasteiger partial charge in [-0.05, 0) is 30.5 Å². The zero-order valence-electron chi connectivity index (χ0n) is 14.1. The molecule has 136 valence electrons. The van der Waals surface area contributed by atoms with Gasteiger partial charge in [-0.25, -0.2) is 4.79 Å². The number of ether oxygens (including phenoxy) is 1. The molecule has 0 atom stereocenters. The van der Waals surface area contributed by atoms with Crippen molar-refractivity contribution >= 4 is 35.4 Å². The topological polar surface area (TPSA) is 95.9 Å². The van der Waals surface area contributed by atoms with E-state index < -0.39 is 5.97 Å². The van der Waals surface area contributed by atoms with Crippen molar-refractivity contribution in [3.8, 4) is 0 Å². The van der Waals surface area contributed by atoms with Crippen molar-refractivity contribution in [2.75, 3.05) is 31.3 Å². The van der Waals surface area contributed by atoms with Crippen LogP contribution in [0.2, 0.25) is 0 Å². The van der Waals surface area contributed by atoms with Crippen molar-refractivity contribution in [3.05, 3.63) is 29.8 Å². The number of benzene rings is 1. The van der Waals surface area contributed by atoms with Crippen LogP contribution in [0.3, 0.4) is 0 Å². The number of urea groups is 1. The van der Waals surface area contributed by atoms with Crippen LogP contribution in [0.15, 0.2) is 24.3 Å². The maximum Gasteiger partial charge on any atom is 0.321 e. The predicted molar refractivity (Wildman–Crippen MR) is 95.6 cm³/mol. The number of carbonyl (C=O) groups excluding carboxylic acids is 2. The molecule has 1 aliphatic rings. The van der Waals surface area contributed by atoms with Gasteiger partial charge >= 0.3 is 18.0 Å². The van der Waals surface area contributed by atoms with Crippen molar-refractivity contribution < 1.29 is 24.2 Å². The standard InChI is InChI=1S/C17H22N2O5S/c1-24-15(20)11-25-10-12-3-2-4-14(9-12)18-17(23)19-7-5-13(6-8-19)16(21)22/h2-4,9,13H,5-8,10-11H2,1H3,(H,18,23)(H,21,22). The van der Waals surface area contributed by atoms with Crippen molar-refractivity contribution in [2.45, 2.75) is 18.6 Å². The normalized spacial score (nSPS) is 14.8. The number of carbonyl (C=O) groups is 3. The first-order valence-electron chi connectivity index (χ1n) is 8.02. The first-order chi connectivity index (χ1) is 12.0. The lowest BCUT2D eigenvalue weighted by Gasteiger charge is -2.30. The Hall–Kier alpha value is -2.22. The molecular weight excluding hydrogens is 344 g/mol. The zero-order valence-corrected chi connectivity index (χ0v) is 14.9. The van der Waals surface area contributed by atoms with Crippen LogP contribution in [0, 0.1) is 5.92 Å². The number of esters is 1. The summed E-state index contributed by atoms with van der Waals surface area (Å²) in [5.41, 5.74) is 1.68. The molecule has 1 aromatic rings. The largest absolute Gasteiger partial charge is 0.481 e. The third kappa shape index (κ3) is 5.97. The zero-order chi connectivity index (χ0) is 18.2. The molecule has 0 bridgehead atoms. The fourth-order valence-corrected chi connectivity index (χ4v) is 3.38. The van der Waals surface area contributed by atoms with Gasteiger partial charge in [0.05, 0.1) is 18.8 Å². The minimum absolute atomic E-state index is 0.219.